The molecule has 7 nitrogen and oxygen atoms in total. The highest BCUT2D eigenvalue weighted by atomic mass is 127. The molecule has 0 bridgehead atoms. The molecule has 148 valence electrons. The lowest BCUT2D eigenvalue weighted by Crippen LogP contribution is -2.35. The average Bonchev–Trinajstić information content (AvgIpc) is 3.20. The molecule has 2 aromatic carbocycles. The van der Waals surface area contributed by atoms with Crippen LogP contribution in [0.25, 0.3) is 11.1 Å². The number of hydrogen-bond acceptors (Lipinski definition) is 4. The molecule has 1 atom stereocenters. The number of halogens is 1. The molecule has 0 fully saturated rings. The van der Waals surface area contributed by atoms with E-state index >= 15 is 0 Å². The van der Waals surface area contributed by atoms with Gasteiger partial charge >= 0.3 is 12.1 Å². The standard InChI is InChI=1S/C21H18IN3O4/c1-25-10-16(19(22)24-25)18(20(26)27)23-21(28)29-11-17-14-8-4-2-6-12(14)13-7-3-5-9-15(13)17/h2-10,17-18H,11H2,1H3,(H,23,28)(H,26,27). The molecule has 29 heavy (non-hydrogen) atoms. The highest BCUT2D eigenvalue weighted by Gasteiger charge is 2.31. The molecule has 0 spiro atoms. The fraction of sp³-hybridized carbons (Fsp3) is 0.190. The van der Waals surface area contributed by atoms with E-state index in [1.54, 1.807) is 13.2 Å². The highest BCUT2D eigenvalue weighted by Crippen LogP contribution is 2.44. The topological polar surface area (TPSA) is 93.5 Å². The van der Waals surface area contributed by atoms with Gasteiger partial charge in [-0.25, -0.2) is 9.59 Å². The van der Waals surface area contributed by atoms with Gasteiger partial charge in [0.2, 0.25) is 0 Å². The van der Waals surface area contributed by atoms with Gasteiger partial charge in [0, 0.05) is 24.7 Å². The zero-order chi connectivity index (χ0) is 20.5. The molecule has 0 saturated carbocycles. The number of nitrogens with zero attached hydrogens (tertiary/aromatic N) is 2. The Morgan fingerprint density at radius 3 is 2.28 bits per heavy atom. The van der Waals surface area contributed by atoms with Gasteiger partial charge in [0.1, 0.15) is 10.3 Å². The van der Waals surface area contributed by atoms with Crippen molar-refractivity contribution >= 4 is 34.7 Å². The Bertz CT molecular complexity index is 1050. The molecule has 1 aliphatic rings. The van der Waals surface area contributed by atoms with Crippen LogP contribution in [0, 0.1) is 3.70 Å². The Morgan fingerprint density at radius 2 is 1.76 bits per heavy atom. The summed E-state index contributed by atoms with van der Waals surface area (Å²) in [5, 5.41) is 16.1. The lowest BCUT2D eigenvalue weighted by molar-refractivity contribution is -0.139. The van der Waals surface area contributed by atoms with Crippen LogP contribution < -0.4 is 5.32 Å². The second-order valence-electron chi connectivity index (χ2n) is 6.79. The number of aliphatic carboxylic acids is 1. The molecule has 1 unspecified atom stereocenters. The van der Waals surface area contributed by atoms with E-state index in [0.717, 1.165) is 22.3 Å². The first kappa shape index (κ1) is 19.4. The molecule has 0 radical (unpaired) electrons. The minimum absolute atomic E-state index is 0.0880. The molecule has 4 rings (SSSR count). The first-order valence-corrected chi connectivity index (χ1v) is 10.1. The zero-order valence-electron chi connectivity index (χ0n) is 15.5. The van der Waals surface area contributed by atoms with Crippen molar-refractivity contribution in [2.45, 2.75) is 12.0 Å². The Balaban J connectivity index is 1.50. The van der Waals surface area contributed by atoms with E-state index in [1.165, 1.54) is 4.68 Å². The number of amides is 1. The molecular formula is C21H18IN3O4. The molecule has 1 aromatic heterocycles. The van der Waals surface area contributed by atoms with Gasteiger partial charge in [0.15, 0.2) is 6.04 Å². The Kier molecular flexibility index (Phi) is 5.27. The van der Waals surface area contributed by atoms with E-state index in [1.807, 2.05) is 59.0 Å². The number of nitrogens with one attached hydrogen (secondary N) is 1. The monoisotopic (exact) mass is 503 g/mol. The second kappa shape index (κ2) is 7.86. The highest BCUT2D eigenvalue weighted by molar-refractivity contribution is 14.1. The number of aryl methyl sites for hydroxylation is 1. The third kappa shape index (κ3) is 3.71. The van der Waals surface area contributed by atoms with E-state index in [4.69, 9.17) is 4.74 Å². The molecule has 1 aliphatic carbocycles. The summed E-state index contributed by atoms with van der Waals surface area (Å²) in [4.78, 5) is 24.1. The third-order valence-electron chi connectivity index (χ3n) is 4.97. The third-order valence-corrected chi connectivity index (χ3v) is 5.81. The maximum atomic E-state index is 12.4. The zero-order valence-corrected chi connectivity index (χ0v) is 17.7. The number of benzene rings is 2. The van der Waals surface area contributed by atoms with Gasteiger partial charge < -0.3 is 15.2 Å². The van der Waals surface area contributed by atoms with Crippen molar-refractivity contribution in [1.82, 2.24) is 15.1 Å². The van der Waals surface area contributed by atoms with E-state index in [-0.39, 0.29) is 12.5 Å². The van der Waals surface area contributed by atoms with Gasteiger partial charge in [0.05, 0.1) is 0 Å². The van der Waals surface area contributed by atoms with Crippen LogP contribution in [0.4, 0.5) is 4.79 Å². The summed E-state index contributed by atoms with van der Waals surface area (Å²) in [5.74, 6) is -1.26. The van der Waals surface area contributed by atoms with Gasteiger partial charge in [-0.15, -0.1) is 0 Å². The average molecular weight is 503 g/mol. The predicted octanol–water partition coefficient (Wildman–Crippen LogP) is 3.69. The summed E-state index contributed by atoms with van der Waals surface area (Å²) in [6.07, 6.45) is 0.795. The first-order chi connectivity index (χ1) is 14.0. The maximum Gasteiger partial charge on any atom is 0.408 e. The van der Waals surface area contributed by atoms with Crippen molar-refractivity contribution in [1.29, 1.82) is 0 Å². The van der Waals surface area contributed by atoms with Crippen LogP contribution in [0.15, 0.2) is 54.7 Å². The van der Waals surface area contributed by atoms with Crippen molar-refractivity contribution < 1.29 is 19.4 Å². The minimum atomic E-state index is -1.23. The summed E-state index contributed by atoms with van der Waals surface area (Å²) in [5.41, 5.74) is 4.86. The summed E-state index contributed by atoms with van der Waals surface area (Å²) in [6, 6.07) is 14.8. The summed E-state index contributed by atoms with van der Waals surface area (Å²) in [7, 11) is 1.69. The number of carbonyl (C=O) groups is 2. The summed E-state index contributed by atoms with van der Waals surface area (Å²) >= 11 is 1.94. The molecule has 2 N–H and O–H groups in total. The van der Waals surface area contributed by atoms with Gasteiger partial charge in [-0.2, -0.15) is 5.10 Å². The summed E-state index contributed by atoms with van der Waals surface area (Å²) < 4.78 is 7.46. The Labute approximate surface area is 180 Å². The van der Waals surface area contributed by atoms with Crippen LogP contribution in [0.2, 0.25) is 0 Å². The van der Waals surface area contributed by atoms with E-state index in [9.17, 15) is 14.7 Å². The van der Waals surface area contributed by atoms with Crippen molar-refractivity contribution in [3.05, 3.63) is 75.1 Å². The number of ether oxygens (including phenoxy) is 1. The number of alkyl carbamates (subject to hydrolysis) is 1. The maximum absolute atomic E-state index is 12.4. The number of carboxylic acids is 1. The molecule has 0 aliphatic heterocycles. The number of aromatic nitrogens is 2. The van der Waals surface area contributed by atoms with Crippen molar-refractivity contribution in [3.63, 3.8) is 0 Å². The van der Waals surface area contributed by atoms with Crippen LogP contribution in [0.1, 0.15) is 28.7 Å². The van der Waals surface area contributed by atoms with Crippen molar-refractivity contribution in [2.24, 2.45) is 7.05 Å². The Hall–Kier alpha value is -2.88. The normalized spacial score (nSPS) is 13.4. The van der Waals surface area contributed by atoms with Crippen molar-refractivity contribution in [3.8, 4) is 11.1 Å². The molecule has 3 aromatic rings. The number of carbonyl (C=O) groups excluding carboxylic acids is 1. The van der Waals surface area contributed by atoms with Crippen LogP contribution in [0.3, 0.4) is 0 Å². The van der Waals surface area contributed by atoms with Gasteiger partial charge in [-0.05, 0) is 44.8 Å². The smallest absolute Gasteiger partial charge is 0.408 e. The quantitative estimate of drug-likeness (QED) is 0.519. The fourth-order valence-electron chi connectivity index (χ4n) is 3.70. The number of rotatable bonds is 5. The van der Waals surface area contributed by atoms with Gasteiger partial charge in [0.25, 0.3) is 0 Å². The fourth-order valence-corrected chi connectivity index (χ4v) is 4.49. The molecule has 1 heterocycles. The van der Waals surface area contributed by atoms with Crippen molar-refractivity contribution in [2.75, 3.05) is 6.61 Å². The second-order valence-corrected chi connectivity index (χ2v) is 7.81. The number of fused-ring (bicyclic) bond motifs is 3. The molecule has 0 saturated heterocycles. The van der Waals surface area contributed by atoms with Gasteiger partial charge in [-0.1, -0.05) is 48.5 Å². The molecular weight excluding hydrogens is 485 g/mol. The SMILES string of the molecule is Cn1cc(C(NC(=O)OCC2c3ccccc3-c3ccccc32)C(=O)O)c(I)n1. The molecule has 8 heteroatoms. The minimum Gasteiger partial charge on any atom is -0.479 e. The summed E-state index contributed by atoms with van der Waals surface area (Å²) in [6.45, 7) is 0.121. The van der Waals surface area contributed by atoms with Crippen LogP contribution >= 0.6 is 22.6 Å². The molecule has 1 amide bonds. The Morgan fingerprint density at radius 1 is 1.17 bits per heavy atom. The van der Waals surface area contributed by atoms with E-state index in [2.05, 4.69) is 22.5 Å². The van der Waals surface area contributed by atoms with E-state index < -0.39 is 18.1 Å². The predicted molar refractivity (Wildman–Crippen MR) is 115 cm³/mol. The lowest BCUT2D eigenvalue weighted by atomic mass is 9.98. The van der Waals surface area contributed by atoms with Gasteiger partial charge in [-0.3, -0.25) is 4.68 Å². The largest absolute Gasteiger partial charge is 0.479 e. The first-order valence-electron chi connectivity index (χ1n) is 8.99. The number of hydrogen-bond donors (Lipinski definition) is 2. The lowest BCUT2D eigenvalue weighted by Gasteiger charge is -2.17. The van der Waals surface area contributed by atoms with E-state index in [0.29, 0.717) is 9.26 Å². The van der Waals surface area contributed by atoms with Crippen LogP contribution in [-0.4, -0.2) is 33.6 Å². The van der Waals surface area contributed by atoms with Crippen LogP contribution in [-0.2, 0) is 16.6 Å². The number of carboxylic acid groups (broad SMARTS) is 1. The van der Waals surface area contributed by atoms with Crippen LogP contribution in [0.5, 0.6) is 0 Å².